The van der Waals surface area contributed by atoms with E-state index in [9.17, 15) is 4.79 Å². The molecule has 0 aromatic heterocycles. The highest BCUT2D eigenvalue weighted by atomic mass is 16.6. The van der Waals surface area contributed by atoms with Gasteiger partial charge in [-0.2, -0.15) is 0 Å². The van der Waals surface area contributed by atoms with Crippen molar-refractivity contribution < 1.29 is 14.3 Å². The molecule has 1 aliphatic rings. The van der Waals surface area contributed by atoms with Crippen LogP contribution >= 0.6 is 0 Å². The van der Waals surface area contributed by atoms with Crippen molar-refractivity contribution in [3.05, 3.63) is 12.2 Å². The maximum Gasteiger partial charge on any atom is 0.333 e. The Balaban J connectivity index is 1.90. The van der Waals surface area contributed by atoms with Crippen molar-refractivity contribution in [1.82, 2.24) is 0 Å². The van der Waals surface area contributed by atoms with E-state index in [1.165, 1.54) is 32.1 Å². The summed E-state index contributed by atoms with van der Waals surface area (Å²) in [6.45, 7) is 6.77. The Hall–Kier alpha value is -0.830. The zero-order valence-corrected chi connectivity index (χ0v) is 10.9. The first-order chi connectivity index (χ1) is 8.20. The van der Waals surface area contributed by atoms with Crippen molar-refractivity contribution in [2.45, 2.75) is 45.4 Å². The zero-order chi connectivity index (χ0) is 12.5. The third kappa shape index (κ3) is 6.47. The molecule has 0 radical (unpaired) electrons. The first-order valence-electron chi connectivity index (χ1n) is 6.60. The van der Waals surface area contributed by atoms with Crippen LogP contribution in [0.15, 0.2) is 12.2 Å². The van der Waals surface area contributed by atoms with Gasteiger partial charge in [-0.25, -0.2) is 4.79 Å². The van der Waals surface area contributed by atoms with Crippen LogP contribution in [0.4, 0.5) is 0 Å². The average Bonchev–Trinajstić information content (AvgIpc) is 2.34. The topological polar surface area (TPSA) is 35.5 Å². The minimum atomic E-state index is -0.333. The standard InChI is InChI=1S/C14H24O3/c1-12(2)14(15)17-11-10-16-9-8-13-6-4-3-5-7-13/h13H,1,3-11H2,2H3. The van der Waals surface area contributed by atoms with Crippen molar-refractivity contribution in [2.75, 3.05) is 19.8 Å². The van der Waals surface area contributed by atoms with Gasteiger partial charge in [-0.15, -0.1) is 0 Å². The van der Waals surface area contributed by atoms with Gasteiger partial charge in [0.15, 0.2) is 0 Å². The number of hydrogen-bond donors (Lipinski definition) is 0. The molecule has 17 heavy (non-hydrogen) atoms. The Kier molecular flexibility index (Phi) is 6.94. The quantitative estimate of drug-likeness (QED) is 0.390. The molecule has 0 aromatic carbocycles. The predicted molar refractivity (Wildman–Crippen MR) is 67.8 cm³/mol. The predicted octanol–water partition coefficient (Wildman–Crippen LogP) is 3.09. The molecule has 3 heteroatoms. The van der Waals surface area contributed by atoms with Crippen LogP contribution in [0, 0.1) is 5.92 Å². The molecule has 0 N–H and O–H groups in total. The molecule has 0 bridgehead atoms. The van der Waals surface area contributed by atoms with E-state index in [1.807, 2.05) is 0 Å². The molecule has 3 nitrogen and oxygen atoms in total. The van der Waals surface area contributed by atoms with Gasteiger partial charge in [-0.3, -0.25) is 0 Å². The fourth-order valence-corrected chi connectivity index (χ4v) is 2.14. The number of hydrogen-bond acceptors (Lipinski definition) is 3. The van der Waals surface area contributed by atoms with Crippen LogP contribution in [0.3, 0.4) is 0 Å². The first kappa shape index (κ1) is 14.2. The van der Waals surface area contributed by atoms with E-state index in [-0.39, 0.29) is 5.97 Å². The smallest absolute Gasteiger partial charge is 0.333 e. The number of esters is 1. The van der Waals surface area contributed by atoms with Crippen molar-refractivity contribution in [1.29, 1.82) is 0 Å². The molecule has 0 heterocycles. The van der Waals surface area contributed by atoms with Crippen LogP contribution < -0.4 is 0 Å². The maximum absolute atomic E-state index is 11.0. The van der Waals surface area contributed by atoms with Crippen molar-refractivity contribution in [3.63, 3.8) is 0 Å². The molecule has 1 aliphatic carbocycles. The van der Waals surface area contributed by atoms with Crippen LogP contribution in [0.1, 0.15) is 45.4 Å². The highest BCUT2D eigenvalue weighted by molar-refractivity contribution is 5.86. The largest absolute Gasteiger partial charge is 0.460 e. The van der Waals surface area contributed by atoms with Crippen molar-refractivity contribution in [3.8, 4) is 0 Å². The molecule has 0 aliphatic heterocycles. The number of carbonyl (C=O) groups is 1. The third-order valence-corrected chi connectivity index (χ3v) is 3.20. The Bertz CT molecular complexity index is 242. The Morgan fingerprint density at radius 1 is 1.18 bits per heavy atom. The lowest BCUT2D eigenvalue weighted by atomic mass is 9.87. The second kappa shape index (κ2) is 8.29. The Morgan fingerprint density at radius 2 is 1.88 bits per heavy atom. The maximum atomic E-state index is 11.0. The minimum Gasteiger partial charge on any atom is -0.460 e. The summed E-state index contributed by atoms with van der Waals surface area (Å²) >= 11 is 0. The van der Waals surface area contributed by atoms with Gasteiger partial charge >= 0.3 is 5.97 Å². The van der Waals surface area contributed by atoms with Gasteiger partial charge in [-0.1, -0.05) is 38.7 Å². The summed E-state index contributed by atoms with van der Waals surface area (Å²) < 4.78 is 10.4. The SMILES string of the molecule is C=C(C)C(=O)OCCOCCC1CCCCC1. The molecular weight excluding hydrogens is 216 g/mol. The van der Waals surface area contributed by atoms with Gasteiger partial charge in [-0.05, 0) is 19.3 Å². The molecular formula is C14H24O3. The molecule has 1 fully saturated rings. The van der Waals surface area contributed by atoms with Gasteiger partial charge in [0.05, 0.1) is 6.61 Å². The summed E-state index contributed by atoms with van der Waals surface area (Å²) in [5, 5.41) is 0. The Morgan fingerprint density at radius 3 is 2.53 bits per heavy atom. The van der Waals surface area contributed by atoms with E-state index < -0.39 is 0 Å². The van der Waals surface area contributed by atoms with Gasteiger partial charge in [0, 0.05) is 12.2 Å². The molecule has 1 saturated carbocycles. The fraction of sp³-hybridized carbons (Fsp3) is 0.786. The second-order valence-corrected chi connectivity index (χ2v) is 4.82. The minimum absolute atomic E-state index is 0.330. The van der Waals surface area contributed by atoms with Crippen LogP contribution in [0.5, 0.6) is 0 Å². The summed E-state index contributed by atoms with van der Waals surface area (Å²) in [5.41, 5.74) is 0.437. The lowest BCUT2D eigenvalue weighted by molar-refractivity contribution is -0.140. The molecule has 0 saturated heterocycles. The number of carbonyl (C=O) groups excluding carboxylic acids is 1. The van der Waals surface area contributed by atoms with Crippen LogP contribution in [0.25, 0.3) is 0 Å². The van der Waals surface area contributed by atoms with E-state index in [1.54, 1.807) is 6.92 Å². The Labute approximate surface area is 104 Å². The molecule has 98 valence electrons. The van der Waals surface area contributed by atoms with E-state index in [0.717, 1.165) is 18.9 Å². The van der Waals surface area contributed by atoms with Gasteiger partial charge in [0.25, 0.3) is 0 Å². The first-order valence-corrected chi connectivity index (χ1v) is 6.60. The molecule has 0 atom stereocenters. The van der Waals surface area contributed by atoms with Gasteiger partial charge < -0.3 is 9.47 Å². The van der Waals surface area contributed by atoms with E-state index in [0.29, 0.717) is 18.8 Å². The highest BCUT2D eigenvalue weighted by Crippen LogP contribution is 2.25. The lowest BCUT2D eigenvalue weighted by Gasteiger charge is -2.21. The number of ether oxygens (including phenoxy) is 2. The molecule has 1 rings (SSSR count). The van der Waals surface area contributed by atoms with Gasteiger partial charge in [0.1, 0.15) is 6.61 Å². The highest BCUT2D eigenvalue weighted by Gasteiger charge is 2.12. The van der Waals surface area contributed by atoms with Crippen LogP contribution in [-0.2, 0) is 14.3 Å². The van der Waals surface area contributed by atoms with Crippen molar-refractivity contribution in [2.24, 2.45) is 5.92 Å². The van der Waals surface area contributed by atoms with Crippen LogP contribution in [-0.4, -0.2) is 25.8 Å². The monoisotopic (exact) mass is 240 g/mol. The van der Waals surface area contributed by atoms with E-state index >= 15 is 0 Å². The summed E-state index contributed by atoms with van der Waals surface area (Å²) in [5.74, 6) is 0.516. The summed E-state index contributed by atoms with van der Waals surface area (Å²) in [6, 6.07) is 0. The summed E-state index contributed by atoms with van der Waals surface area (Å²) in [4.78, 5) is 11.0. The normalized spacial score (nSPS) is 16.8. The fourth-order valence-electron chi connectivity index (χ4n) is 2.14. The third-order valence-electron chi connectivity index (χ3n) is 3.20. The molecule has 0 unspecified atom stereocenters. The van der Waals surface area contributed by atoms with E-state index in [4.69, 9.17) is 9.47 Å². The van der Waals surface area contributed by atoms with Gasteiger partial charge in [0.2, 0.25) is 0 Å². The second-order valence-electron chi connectivity index (χ2n) is 4.82. The average molecular weight is 240 g/mol. The molecule has 0 amide bonds. The van der Waals surface area contributed by atoms with Crippen molar-refractivity contribution >= 4 is 5.97 Å². The summed E-state index contributed by atoms with van der Waals surface area (Å²) in [7, 11) is 0. The summed E-state index contributed by atoms with van der Waals surface area (Å²) in [6.07, 6.45) is 8.01. The molecule has 0 aromatic rings. The zero-order valence-electron chi connectivity index (χ0n) is 10.9. The lowest BCUT2D eigenvalue weighted by Crippen LogP contribution is -2.13. The van der Waals surface area contributed by atoms with E-state index in [2.05, 4.69) is 6.58 Å². The van der Waals surface area contributed by atoms with Crippen LogP contribution in [0.2, 0.25) is 0 Å². The molecule has 0 spiro atoms. The number of rotatable bonds is 7.